The monoisotopic (exact) mass is 336 g/mol. The fraction of sp³-hybridized carbons (Fsp3) is 0.364. The molecule has 1 aromatic heterocycles. The van der Waals surface area contributed by atoms with E-state index in [2.05, 4.69) is 64.7 Å². The van der Waals surface area contributed by atoms with Gasteiger partial charge >= 0.3 is 0 Å². The van der Waals surface area contributed by atoms with Crippen LogP contribution < -0.4 is 5.73 Å². The summed E-state index contributed by atoms with van der Waals surface area (Å²) in [4.78, 5) is 3.27. The molecule has 3 heteroatoms. The van der Waals surface area contributed by atoms with E-state index in [0.29, 0.717) is 11.6 Å². The summed E-state index contributed by atoms with van der Waals surface area (Å²) >= 11 is 0. The molecule has 3 rings (SSSR count). The van der Waals surface area contributed by atoms with E-state index >= 15 is 0 Å². The molecule has 2 aromatic carbocycles. The third-order valence-electron chi connectivity index (χ3n) is 4.75. The summed E-state index contributed by atoms with van der Waals surface area (Å²) in [5.74, 6) is 1.05. The lowest BCUT2D eigenvalue weighted by Gasteiger charge is -2.28. The molecule has 0 spiro atoms. The number of H-pyrrole nitrogens is 1. The number of anilines is 1. The van der Waals surface area contributed by atoms with Gasteiger partial charge in [0.15, 0.2) is 0 Å². The Hall–Kier alpha value is -2.42. The Labute approximate surface area is 149 Å². The van der Waals surface area contributed by atoms with Gasteiger partial charge in [-0.1, -0.05) is 59.7 Å². The number of aromatic nitrogens is 1. The van der Waals surface area contributed by atoms with Crippen LogP contribution in [0.2, 0.25) is 0 Å². The van der Waals surface area contributed by atoms with Crippen molar-refractivity contribution < 1.29 is 5.11 Å². The van der Waals surface area contributed by atoms with Crippen molar-refractivity contribution in [3.63, 3.8) is 0 Å². The first-order valence-corrected chi connectivity index (χ1v) is 8.74. The lowest BCUT2D eigenvalue weighted by Crippen LogP contribution is -2.17. The topological polar surface area (TPSA) is 62.0 Å². The van der Waals surface area contributed by atoms with E-state index in [0.717, 1.165) is 33.2 Å². The molecule has 0 unspecified atom stereocenters. The zero-order valence-electron chi connectivity index (χ0n) is 16.0. The van der Waals surface area contributed by atoms with E-state index in [9.17, 15) is 5.11 Å². The number of nitrogens with one attached hydrogen (secondary N) is 1. The molecule has 0 amide bonds. The molecule has 0 saturated carbocycles. The van der Waals surface area contributed by atoms with Crippen molar-refractivity contribution in [2.45, 2.75) is 52.4 Å². The Bertz CT molecular complexity index is 902. The van der Waals surface area contributed by atoms with Crippen molar-refractivity contribution in [2.24, 2.45) is 0 Å². The van der Waals surface area contributed by atoms with Crippen LogP contribution in [0.5, 0.6) is 5.75 Å². The van der Waals surface area contributed by atoms with Crippen molar-refractivity contribution >= 4 is 16.7 Å². The summed E-state index contributed by atoms with van der Waals surface area (Å²) in [5, 5.41) is 12.0. The molecular formula is C22H28N2O. The zero-order valence-corrected chi connectivity index (χ0v) is 16.0. The maximum absolute atomic E-state index is 10.9. The molecule has 0 radical (unpaired) electrons. The Morgan fingerprint density at radius 2 is 1.40 bits per heavy atom. The molecule has 132 valence electrons. The van der Waals surface area contributed by atoms with Crippen LogP contribution in [-0.2, 0) is 10.8 Å². The van der Waals surface area contributed by atoms with Crippen molar-refractivity contribution in [3.05, 3.63) is 47.5 Å². The standard InChI is InChI=1S/C22H28N2O/c1-21(2,3)15-11-13(12-16(19(15)25)22(4,5)6)18-14-9-7-8-10-17(14)24-20(18)23/h7-12,24-25H,23H2,1-6H3. The third-order valence-corrected chi connectivity index (χ3v) is 4.75. The molecule has 25 heavy (non-hydrogen) atoms. The molecule has 0 aliphatic heterocycles. The molecule has 3 aromatic rings. The second-order valence-corrected chi connectivity index (χ2v) is 8.88. The van der Waals surface area contributed by atoms with Crippen LogP contribution in [0.1, 0.15) is 52.7 Å². The molecule has 0 fully saturated rings. The SMILES string of the molecule is CC(C)(C)c1cc(-c2c(N)[nH]c3ccccc23)cc(C(C)(C)C)c1O. The molecule has 0 bridgehead atoms. The summed E-state index contributed by atoms with van der Waals surface area (Å²) in [5.41, 5.74) is 11.0. The van der Waals surface area contributed by atoms with E-state index in [1.165, 1.54) is 0 Å². The minimum atomic E-state index is -0.166. The predicted molar refractivity (Wildman–Crippen MR) is 107 cm³/mol. The van der Waals surface area contributed by atoms with E-state index in [1.54, 1.807) is 0 Å². The van der Waals surface area contributed by atoms with Gasteiger partial charge < -0.3 is 15.8 Å². The molecule has 3 nitrogen and oxygen atoms in total. The number of phenolic OH excluding ortho intramolecular Hbond substituents is 1. The quantitative estimate of drug-likeness (QED) is 0.532. The largest absolute Gasteiger partial charge is 0.507 e. The van der Waals surface area contributed by atoms with Gasteiger partial charge in [-0.25, -0.2) is 0 Å². The summed E-state index contributed by atoms with van der Waals surface area (Å²) < 4.78 is 0. The maximum Gasteiger partial charge on any atom is 0.123 e. The third kappa shape index (κ3) is 2.99. The number of fused-ring (bicyclic) bond motifs is 1. The second kappa shape index (κ2) is 5.55. The van der Waals surface area contributed by atoms with Crippen molar-refractivity contribution in [3.8, 4) is 16.9 Å². The second-order valence-electron chi connectivity index (χ2n) is 8.88. The van der Waals surface area contributed by atoms with Gasteiger partial charge in [-0.05, 0) is 34.6 Å². The zero-order chi connectivity index (χ0) is 18.6. The smallest absolute Gasteiger partial charge is 0.123 e. The summed E-state index contributed by atoms with van der Waals surface area (Å²) in [6.07, 6.45) is 0. The number of benzene rings is 2. The molecule has 0 saturated heterocycles. The molecule has 0 atom stereocenters. The van der Waals surface area contributed by atoms with Gasteiger partial charge in [-0.2, -0.15) is 0 Å². The Balaban J connectivity index is 2.38. The first-order valence-electron chi connectivity index (χ1n) is 8.74. The summed E-state index contributed by atoms with van der Waals surface area (Å²) in [7, 11) is 0. The predicted octanol–water partition coefficient (Wildman–Crippen LogP) is 5.72. The molecule has 0 aliphatic carbocycles. The van der Waals surface area contributed by atoms with Gasteiger partial charge in [0, 0.05) is 27.6 Å². The van der Waals surface area contributed by atoms with Gasteiger partial charge in [0.25, 0.3) is 0 Å². The normalized spacial score (nSPS) is 12.7. The van der Waals surface area contributed by atoms with Gasteiger partial charge in [-0.3, -0.25) is 0 Å². The highest BCUT2D eigenvalue weighted by Gasteiger charge is 2.27. The number of phenols is 1. The van der Waals surface area contributed by atoms with Crippen molar-refractivity contribution in [1.82, 2.24) is 4.98 Å². The lowest BCUT2D eigenvalue weighted by atomic mass is 9.77. The number of aromatic hydroxyl groups is 1. The molecule has 4 N–H and O–H groups in total. The van der Waals surface area contributed by atoms with E-state index in [1.807, 2.05) is 18.2 Å². The number of para-hydroxylation sites is 1. The first-order chi connectivity index (χ1) is 11.5. The fourth-order valence-electron chi connectivity index (χ4n) is 3.40. The van der Waals surface area contributed by atoms with Crippen molar-refractivity contribution in [1.29, 1.82) is 0 Å². The number of rotatable bonds is 1. The van der Waals surface area contributed by atoms with Crippen LogP contribution in [0.15, 0.2) is 36.4 Å². The minimum absolute atomic E-state index is 0.166. The highest BCUT2D eigenvalue weighted by molar-refractivity contribution is 6.02. The Kier molecular flexibility index (Phi) is 3.86. The fourth-order valence-corrected chi connectivity index (χ4v) is 3.40. The van der Waals surface area contributed by atoms with Crippen LogP contribution in [0, 0.1) is 0 Å². The number of hydrogen-bond donors (Lipinski definition) is 3. The molecule has 0 aliphatic rings. The van der Waals surface area contributed by atoms with E-state index in [4.69, 9.17) is 5.73 Å². The maximum atomic E-state index is 10.9. The summed E-state index contributed by atoms with van der Waals surface area (Å²) in [6.45, 7) is 12.7. The molecular weight excluding hydrogens is 308 g/mol. The van der Waals surface area contributed by atoms with E-state index < -0.39 is 0 Å². The van der Waals surface area contributed by atoms with Gasteiger partial charge in [-0.15, -0.1) is 0 Å². The number of aromatic amines is 1. The number of hydrogen-bond acceptors (Lipinski definition) is 2. The average Bonchev–Trinajstić information content (AvgIpc) is 2.81. The Morgan fingerprint density at radius 3 is 1.92 bits per heavy atom. The van der Waals surface area contributed by atoms with Gasteiger partial charge in [0.1, 0.15) is 11.6 Å². The number of nitrogen functional groups attached to an aromatic ring is 1. The van der Waals surface area contributed by atoms with E-state index in [-0.39, 0.29) is 10.8 Å². The van der Waals surface area contributed by atoms with Gasteiger partial charge in [0.2, 0.25) is 0 Å². The van der Waals surface area contributed by atoms with Crippen LogP contribution in [0.25, 0.3) is 22.0 Å². The average molecular weight is 336 g/mol. The van der Waals surface area contributed by atoms with Crippen LogP contribution >= 0.6 is 0 Å². The van der Waals surface area contributed by atoms with Crippen LogP contribution in [0.4, 0.5) is 5.82 Å². The van der Waals surface area contributed by atoms with Gasteiger partial charge in [0.05, 0.1) is 0 Å². The Morgan fingerprint density at radius 1 is 0.880 bits per heavy atom. The van der Waals surface area contributed by atoms with Crippen LogP contribution in [0.3, 0.4) is 0 Å². The van der Waals surface area contributed by atoms with Crippen LogP contribution in [-0.4, -0.2) is 10.1 Å². The number of nitrogens with two attached hydrogens (primary N) is 1. The molecule has 1 heterocycles. The minimum Gasteiger partial charge on any atom is -0.507 e. The highest BCUT2D eigenvalue weighted by atomic mass is 16.3. The highest BCUT2D eigenvalue weighted by Crippen LogP contribution is 2.44. The summed E-state index contributed by atoms with van der Waals surface area (Å²) in [6, 6.07) is 12.3. The lowest BCUT2D eigenvalue weighted by molar-refractivity contribution is 0.423. The first kappa shape index (κ1) is 17.4. The van der Waals surface area contributed by atoms with Crippen molar-refractivity contribution in [2.75, 3.05) is 5.73 Å².